The Morgan fingerprint density at radius 3 is 2.29 bits per heavy atom. The van der Waals surface area contributed by atoms with Crippen LogP contribution in [0.4, 0.5) is 10.5 Å². The molecule has 31 heavy (non-hydrogen) atoms. The molecule has 1 aliphatic rings. The summed E-state index contributed by atoms with van der Waals surface area (Å²) in [7, 11) is 4.95. The van der Waals surface area contributed by atoms with Crippen LogP contribution in [0.3, 0.4) is 0 Å². The summed E-state index contributed by atoms with van der Waals surface area (Å²) in [4.78, 5) is 20.5. The van der Waals surface area contributed by atoms with Crippen molar-refractivity contribution in [2.75, 3.05) is 65.9 Å². The molecule has 0 bridgehead atoms. The molecule has 0 radical (unpaired) electrons. The van der Waals surface area contributed by atoms with Gasteiger partial charge in [-0.2, -0.15) is 0 Å². The highest BCUT2D eigenvalue weighted by molar-refractivity contribution is 14.0. The molecule has 2 rings (SSSR count). The molecule has 0 aliphatic carbocycles. The van der Waals surface area contributed by atoms with Crippen LogP contribution in [0, 0.1) is 0 Å². The van der Waals surface area contributed by atoms with Gasteiger partial charge in [0.25, 0.3) is 0 Å². The van der Waals surface area contributed by atoms with E-state index in [9.17, 15) is 4.79 Å². The molecule has 176 valence electrons. The fourth-order valence-electron chi connectivity index (χ4n) is 3.04. The highest BCUT2D eigenvalue weighted by atomic mass is 127. The van der Waals surface area contributed by atoms with E-state index in [0.717, 1.165) is 31.9 Å². The maximum Gasteiger partial charge on any atom is 0.410 e. The first-order valence-electron chi connectivity index (χ1n) is 10.2. The van der Waals surface area contributed by atoms with E-state index in [0.29, 0.717) is 30.5 Å². The topological polar surface area (TPSA) is 87.7 Å². The van der Waals surface area contributed by atoms with Crippen LogP contribution in [-0.4, -0.2) is 88.0 Å². The van der Waals surface area contributed by atoms with Crippen molar-refractivity contribution in [3.63, 3.8) is 0 Å². The van der Waals surface area contributed by atoms with Crippen LogP contribution in [0.5, 0.6) is 11.5 Å². The lowest BCUT2D eigenvalue weighted by Crippen LogP contribution is -2.51. The normalized spacial score (nSPS) is 15.0. The van der Waals surface area contributed by atoms with Crippen molar-refractivity contribution >= 4 is 41.7 Å². The number of carbonyl (C=O) groups excluding carboxylic acids is 1. The lowest BCUT2D eigenvalue weighted by molar-refractivity contribution is 0.0147. The summed E-state index contributed by atoms with van der Waals surface area (Å²) in [6, 6.07) is 5.62. The molecule has 1 heterocycles. The van der Waals surface area contributed by atoms with Gasteiger partial charge in [-0.25, -0.2) is 4.79 Å². The molecule has 0 unspecified atom stereocenters. The van der Waals surface area contributed by atoms with Gasteiger partial charge in [-0.3, -0.25) is 9.89 Å². The molecule has 1 fully saturated rings. The number of piperazine rings is 1. The zero-order valence-corrected chi connectivity index (χ0v) is 21.7. The summed E-state index contributed by atoms with van der Waals surface area (Å²) >= 11 is 0. The predicted octanol–water partition coefficient (Wildman–Crippen LogP) is 2.86. The number of guanidine groups is 1. The van der Waals surface area contributed by atoms with Crippen LogP contribution in [0.1, 0.15) is 20.8 Å². The van der Waals surface area contributed by atoms with Gasteiger partial charge in [-0.1, -0.05) is 0 Å². The number of benzene rings is 1. The van der Waals surface area contributed by atoms with E-state index in [1.54, 1.807) is 26.2 Å². The smallest absolute Gasteiger partial charge is 0.410 e. The Morgan fingerprint density at radius 2 is 1.74 bits per heavy atom. The molecule has 0 aromatic heterocycles. The second-order valence-electron chi connectivity index (χ2n) is 8.00. The van der Waals surface area contributed by atoms with Gasteiger partial charge in [-0.05, 0) is 32.9 Å². The van der Waals surface area contributed by atoms with Gasteiger partial charge in [0.15, 0.2) is 17.5 Å². The quantitative estimate of drug-likeness (QED) is 0.321. The van der Waals surface area contributed by atoms with E-state index in [-0.39, 0.29) is 30.1 Å². The maximum absolute atomic E-state index is 12.2. The molecular weight excluding hydrogens is 513 g/mol. The number of carbonyl (C=O) groups is 1. The molecule has 0 saturated carbocycles. The van der Waals surface area contributed by atoms with Crippen LogP contribution >= 0.6 is 24.0 Å². The molecule has 1 saturated heterocycles. The van der Waals surface area contributed by atoms with Gasteiger partial charge < -0.3 is 29.7 Å². The van der Waals surface area contributed by atoms with Crippen molar-refractivity contribution in [1.29, 1.82) is 0 Å². The number of nitrogens with zero attached hydrogens (tertiary/aromatic N) is 3. The van der Waals surface area contributed by atoms with E-state index in [1.807, 2.05) is 39.0 Å². The van der Waals surface area contributed by atoms with Crippen molar-refractivity contribution in [3.8, 4) is 11.5 Å². The largest absolute Gasteiger partial charge is 0.493 e. The van der Waals surface area contributed by atoms with E-state index in [4.69, 9.17) is 14.2 Å². The number of halogens is 1. The number of nitrogens with one attached hydrogen (secondary N) is 2. The van der Waals surface area contributed by atoms with Crippen LogP contribution in [0.15, 0.2) is 23.2 Å². The van der Waals surface area contributed by atoms with Crippen LogP contribution in [0.2, 0.25) is 0 Å². The second kappa shape index (κ2) is 12.8. The summed E-state index contributed by atoms with van der Waals surface area (Å²) in [6.45, 7) is 10.2. The van der Waals surface area contributed by atoms with Gasteiger partial charge in [-0.15, -0.1) is 24.0 Å². The molecular formula is C21H36IN5O4. The standard InChI is InChI=1S/C21H35N5O4.HI/c1-21(2,3)30-20(27)26-13-11-25(12-14-26)10-9-23-19(22-4)24-16-7-8-17(28-5)18(15-16)29-6;/h7-8,15H,9-14H2,1-6H3,(H2,22,23,24);1H. The Hall–Kier alpha value is -1.95. The highest BCUT2D eigenvalue weighted by Crippen LogP contribution is 2.29. The number of hydrogen-bond acceptors (Lipinski definition) is 6. The zero-order chi connectivity index (χ0) is 22.1. The molecule has 9 nitrogen and oxygen atoms in total. The first-order valence-corrected chi connectivity index (χ1v) is 10.2. The Balaban J connectivity index is 0.00000480. The maximum atomic E-state index is 12.2. The third-order valence-corrected chi connectivity index (χ3v) is 4.61. The van der Waals surface area contributed by atoms with Gasteiger partial charge >= 0.3 is 6.09 Å². The molecule has 1 aromatic carbocycles. The molecule has 2 N–H and O–H groups in total. The first kappa shape index (κ1) is 27.1. The van der Waals surface area contributed by atoms with E-state index in [1.165, 1.54) is 0 Å². The number of amides is 1. The number of hydrogen-bond donors (Lipinski definition) is 2. The second-order valence-corrected chi connectivity index (χ2v) is 8.00. The van der Waals surface area contributed by atoms with Crippen molar-refractivity contribution < 1.29 is 19.0 Å². The lowest BCUT2D eigenvalue weighted by Gasteiger charge is -2.35. The molecule has 0 spiro atoms. The predicted molar refractivity (Wildman–Crippen MR) is 134 cm³/mol. The van der Waals surface area contributed by atoms with E-state index < -0.39 is 5.60 Å². The summed E-state index contributed by atoms with van der Waals surface area (Å²) < 4.78 is 16.0. The number of ether oxygens (including phenoxy) is 3. The number of anilines is 1. The monoisotopic (exact) mass is 549 g/mol. The van der Waals surface area contributed by atoms with Crippen molar-refractivity contribution in [3.05, 3.63) is 18.2 Å². The van der Waals surface area contributed by atoms with E-state index in [2.05, 4.69) is 20.5 Å². The fraction of sp³-hybridized carbons (Fsp3) is 0.619. The highest BCUT2D eigenvalue weighted by Gasteiger charge is 2.25. The Kier molecular flexibility index (Phi) is 11.2. The minimum Gasteiger partial charge on any atom is -0.493 e. The molecule has 1 aliphatic heterocycles. The number of aliphatic imine (C=N–C) groups is 1. The SMILES string of the molecule is CN=C(NCCN1CCN(C(=O)OC(C)(C)C)CC1)Nc1ccc(OC)c(OC)c1.I. The van der Waals surface area contributed by atoms with Gasteiger partial charge in [0.2, 0.25) is 0 Å². The minimum absolute atomic E-state index is 0. The van der Waals surface area contributed by atoms with Crippen molar-refractivity contribution in [2.45, 2.75) is 26.4 Å². The number of methoxy groups -OCH3 is 2. The number of rotatable bonds is 6. The third kappa shape index (κ3) is 8.98. The fourth-order valence-corrected chi connectivity index (χ4v) is 3.04. The molecule has 0 atom stereocenters. The Labute approximate surface area is 202 Å². The molecule has 1 aromatic rings. The van der Waals surface area contributed by atoms with Crippen molar-refractivity contribution in [1.82, 2.24) is 15.1 Å². The molecule has 1 amide bonds. The zero-order valence-electron chi connectivity index (χ0n) is 19.4. The third-order valence-electron chi connectivity index (χ3n) is 4.61. The van der Waals surface area contributed by atoms with Gasteiger partial charge in [0.05, 0.1) is 14.2 Å². The summed E-state index contributed by atoms with van der Waals surface area (Å²) in [6.07, 6.45) is -0.236. The summed E-state index contributed by atoms with van der Waals surface area (Å²) in [5.74, 6) is 2.01. The van der Waals surface area contributed by atoms with Crippen molar-refractivity contribution in [2.24, 2.45) is 4.99 Å². The minimum atomic E-state index is -0.463. The lowest BCUT2D eigenvalue weighted by atomic mass is 10.2. The van der Waals surface area contributed by atoms with Gasteiger partial charge in [0.1, 0.15) is 5.60 Å². The van der Waals surface area contributed by atoms with Gasteiger partial charge in [0, 0.05) is 58.1 Å². The summed E-state index contributed by atoms with van der Waals surface area (Å²) in [5.41, 5.74) is 0.390. The Bertz CT molecular complexity index is 731. The van der Waals surface area contributed by atoms with E-state index >= 15 is 0 Å². The van der Waals surface area contributed by atoms with Crippen LogP contribution in [0.25, 0.3) is 0 Å². The first-order chi connectivity index (χ1) is 14.3. The molecule has 10 heteroatoms. The average molecular weight is 549 g/mol. The van der Waals surface area contributed by atoms with Crippen LogP contribution < -0.4 is 20.1 Å². The Morgan fingerprint density at radius 1 is 1.10 bits per heavy atom. The average Bonchev–Trinajstić information content (AvgIpc) is 2.72. The summed E-state index contributed by atoms with van der Waals surface area (Å²) in [5, 5.41) is 6.57. The van der Waals surface area contributed by atoms with Crippen LogP contribution in [-0.2, 0) is 4.74 Å².